The molecule has 0 bridgehead atoms. The number of hydrogen-bond donors (Lipinski definition) is 1. The van der Waals surface area contributed by atoms with Gasteiger partial charge in [-0.15, -0.1) is 0 Å². The van der Waals surface area contributed by atoms with Gasteiger partial charge in [-0.2, -0.15) is 18.3 Å². The summed E-state index contributed by atoms with van der Waals surface area (Å²) in [6.45, 7) is 6.84. The summed E-state index contributed by atoms with van der Waals surface area (Å²) in [5.41, 5.74) is 0.652. The van der Waals surface area contributed by atoms with E-state index in [1.807, 2.05) is 20.8 Å². The fourth-order valence-corrected chi connectivity index (χ4v) is 4.42. The van der Waals surface area contributed by atoms with Gasteiger partial charge in [0, 0.05) is 37.3 Å². The van der Waals surface area contributed by atoms with Crippen LogP contribution in [0, 0.1) is 5.41 Å². The number of nitrogens with one attached hydrogen (secondary N) is 1. The summed E-state index contributed by atoms with van der Waals surface area (Å²) < 4.78 is 42.6. The Balaban J connectivity index is 1.59. The normalized spacial score (nSPS) is 24.5. The highest BCUT2D eigenvalue weighted by Gasteiger charge is 2.48. The first kappa shape index (κ1) is 21.6. The van der Waals surface area contributed by atoms with E-state index in [2.05, 4.69) is 15.4 Å². The number of anilines is 1. The lowest BCUT2D eigenvalue weighted by Gasteiger charge is -2.39. The van der Waals surface area contributed by atoms with Crippen LogP contribution < -0.4 is 5.32 Å². The first-order valence-corrected chi connectivity index (χ1v) is 10.7. The lowest BCUT2D eigenvalue weighted by atomic mass is 9.82. The van der Waals surface area contributed by atoms with Gasteiger partial charge in [0.05, 0.1) is 5.69 Å². The number of piperidine rings is 1. The van der Waals surface area contributed by atoms with Crippen LogP contribution in [0.1, 0.15) is 68.2 Å². The molecule has 2 aromatic heterocycles. The van der Waals surface area contributed by atoms with Crippen LogP contribution in [-0.4, -0.2) is 50.9 Å². The largest absolute Gasteiger partial charge is 0.410 e. The molecule has 4 rings (SSSR count). The Morgan fingerprint density at radius 2 is 2.00 bits per heavy atom. The molecule has 2 aliphatic heterocycles. The number of nitrogens with zero attached hydrogens (tertiary/aromatic N) is 4. The minimum atomic E-state index is -4.38. The molecule has 1 N–H and O–H groups in total. The summed E-state index contributed by atoms with van der Waals surface area (Å²) in [6, 6.07) is 4.95. The van der Waals surface area contributed by atoms with Crippen molar-refractivity contribution in [3.8, 4) is 0 Å². The maximum Gasteiger partial charge on any atom is 0.410 e. The van der Waals surface area contributed by atoms with Crippen molar-refractivity contribution in [3.05, 3.63) is 41.9 Å². The summed E-state index contributed by atoms with van der Waals surface area (Å²) in [4.78, 5) is 18.6. The SMILES string of the molecule is CC(C)(C)[C@H]1C[C@H](C(F)(F)F)n2nc([C@@H]3CCCN(C(=O)c4ccccn4)C3)cc2N1. The second kappa shape index (κ2) is 7.84. The number of fused-ring (bicyclic) bond motifs is 1. The van der Waals surface area contributed by atoms with Crippen LogP contribution in [-0.2, 0) is 0 Å². The Morgan fingerprint density at radius 1 is 1.23 bits per heavy atom. The van der Waals surface area contributed by atoms with Gasteiger partial charge in [-0.1, -0.05) is 26.8 Å². The topological polar surface area (TPSA) is 63.1 Å². The number of carbonyl (C=O) groups excluding carboxylic acids is 1. The van der Waals surface area contributed by atoms with Crippen LogP contribution in [0.15, 0.2) is 30.5 Å². The summed E-state index contributed by atoms with van der Waals surface area (Å²) in [7, 11) is 0. The first-order chi connectivity index (χ1) is 14.5. The Hall–Kier alpha value is -2.58. The van der Waals surface area contributed by atoms with E-state index in [1.165, 1.54) is 0 Å². The van der Waals surface area contributed by atoms with Crippen molar-refractivity contribution in [2.24, 2.45) is 5.41 Å². The van der Waals surface area contributed by atoms with Crippen molar-refractivity contribution in [1.29, 1.82) is 0 Å². The van der Waals surface area contributed by atoms with E-state index in [9.17, 15) is 18.0 Å². The molecular formula is C22H28F3N5O. The molecule has 6 nitrogen and oxygen atoms in total. The minimum Gasteiger partial charge on any atom is -0.367 e. The second-order valence-electron chi connectivity index (χ2n) is 9.56. The van der Waals surface area contributed by atoms with Gasteiger partial charge in [0.15, 0.2) is 6.04 Å². The van der Waals surface area contributed by atoms with Crippen LogP contribution >= 0.6 is 0 Å². The van der Waals surface area contributed by atoms with Crippen molar-refractivity contribution in [1.82, 2.24) is 19.7 Å². The van der Waals surface area contributed by atoms with Gasteiger partial charge in [0.2, 0.25) is 0 Å². The molecule has 3 atom stereocenters. The zero-order valence-electron chi connectivity index (χ0n) is 18.0. The van der Waals surface area contributed by atoms with Crippen molar-refractivity contribution < 1.29 is 18.0 Å². The predicted octanol–water partition coefficient (Wildman–Crippen LogP) is 4.63. The average Bonchev–Trinajstić information content (AvgIpc) is 3.16. The lowest BCUT2D eigenvalue weighted by molar-refractivity contribution is -0.175. The number of likely N-dealkylation sites (tertiary alicyclic amines) is 1. The molecule has 0 aromatic carbocycles. The molecular weight excluding hydrogens is 407 g/mol. The van der Waals surface area contributed by atoms with Gasteiger partial charge < -0.3 is 10.2 Å². The van der Waals surface area contributed by atoms with E-state index in [-0.39, 0.29) is 29.7 Å². The smallest absolute Gasteiger partial charge is 0.367 e. The van der Waals surface area contributed by atoms with E-state index < -0.39 is 12.2 Å². The third-order valence-corrected chi connectivity index (χ3v) is 6.27. The summed E-state index contributed by atoms with van der Waals surface area (Å²) >= 11 is 0. The molecule has 1 fully saturated rings. The number of rotatable bonds is 2. The third-order valence-electron chi connectivity index (χ3n) is 6.27. The van der Waals surface area contributed by atoms with Gasteiger partial charge in [-0.3, -0.25) is 9.78 Å². The monoisotopic (exact) mass is 435 g/mol. The van der Waals surface area contributed by atoms with E-state index in [1.54, 1.807) is 35.4 Å². The summed E-state index contributed by atoms with van der Waals surface area (Å²) in [5, 5.41) is 7.65. The van der Waals surface area contributed by atoms with Crippen molar-refractivity contribution in [3.63, 3.8) is 0 Å². The number of amides is 1. The van der Waals surface area contributed by atoms with Crippen LogP contribution in [0.4, 0.5) is 19.0 Å². The number of halogens is 3. The molecule has 2 aliphatic rings. The van der Waals surface area contributed by atoms with Gasteiger partial charge in [0.1, 0.15) is 11.5 Å². The lowest BCUT2D eigenvalue weighted by Crippen LogP contribution is -2.44. The maximum atomic E-state index is 13.8. The van der Waals surface area contributed by atoms with Crippen molar-refractivity contribution in [2.45, 2.75) is 64.2 Å². The Labute approximate surface area is 179 Å². The molecule has 31 heavy (non-hydrogen) atoms. The molecule has 1 amide bonds. The maximum absolute atomic E-state index is 13.8. The summed E-state index contributed by atoms with van der Waals surface area (Å²) in [6.07, 6.45) is -1.31. The minimum absolute atomic E-state index is 0.0595. The van der Waals surface area contributed by atoms with Crippen LogP contribution in [0.3, 0.4) is 0 Å². The highest BCUT2D eigenvalue weighted by atomic mass is 19.4. The Bertz CT molecular complexity index is 935. The van der Waals surface area contributed by atoms with Crippen LogP contribution in [0.5, 0.6) is 0 Å². The molecule has 0 unspecified atom stereocenters. The van der Waals surface area contributed by atoms with E-state index in [4.69, 9.17) is 0 Å². The van der Waals surface area contributed by atoms with Crippen LogP contribution in [0.25, 0.3) is 0 Å². The third kappa shape index (κ3) is 4.41. The number of alkyl halides is 3. The highest BCUT2D eigenvalue weighted by molar-refractivity contribution is 5.92. The van der Waals surface area contributed by atoms with Gasteiger partial charge >= 0.3 is 6.18 Å². The highest BCUT2D eigenvalue weighted by Crippen LogP contribution is 2.44. The van der Waals surface area contributed by atoms with Crippen molar-refractivity contribution in [2.75, 3.05) is 18.4 Å². The fourth-order valence-electron chi connectivity index (χ4n) is 4.42. The molecule has 0 aliphatic carbocycles. The van der Waals surface area contributed by atoms with Gasteiger partial charge in [0.25, 0.3) is 5.91 Å². The molecule has 0 saturated carbocycles. The molecule has 4 heterocycles. The predicted molar refractivity (Wildman–Crippen MR) is 111 cm³/mol. The van der Waals surface area contributed by atoms with Crippen LogP contribution in [0.2, 0.25) is 0 Å². The number of hydrogen-bond acceptors (Lipinski definition) is 4. The molecule has 168 valence electrons. The number of pyridine rings is 1. The van der Waals surface area contributed by atoms with Crippen molar-refractivity contribution >= 4 is 11.7 Å². The fraction of sp³-hybridized carbons (Fsp3) is 0.591. The quantitative estimate of drug-likeness (QED) is 0.747. The second-order valence-corrected chi connectivity index (χ2v) is 9.56. The molecule has 0 radical (unpaired) electrons. The van der Waals surface area contributed by atoms with Gasteiger partial charge in [-0.25, -0.2) is 4.68 Å². The average molecular weight is 435 g/mol. The van der Waals surface area contributed by atoms with E-state index in [0.717, 1.165) is 17.5 Å². The van der Waals surface area contributed by atoms with E-state index >= 15 is 0 Å². The Kier molecular flexibility index (Phi) is 5.47. The standard InChI is InChI=1S/C22H28F3N5O/c1-21(2,3)17-12-18(22(23,24)25)30-19(27-17)11-16(28-30)14-7-6-10-29(13-14)20(31)15-8-4-5-9-26-15/h4-5,8-9,11,14,17-18,27H,6-7,10,12-13H2,1-3H3/t14-,17-,18-/m1/s1. The first-order valence-electron chi connectivity index (χ1n) is 10.7. The zero-order valence-corrected chi connectivity index (χ0v) is 18.0. The van der Waals surface area contributed by atoms with Gasteiger partial charge in [-0.05, 0) is 36.8 Å². The molecule has 0 spiro atoms. The molecule has 9 heteroatoms. The van der Waals surface area contributed by atoms with E-state index in [0.29, 0.717) is 30.3 Å². The number of aromatic nitrogens is 3. The zero-order chi connectivity index (χ0) is 22.4. The number of carbonyl (C=O) groups is 1. The summed E-state index contributed by atoms with van der Waals surface area (Å²) in [5.74, 6) is 0.133. The molecule has 2 aromatic rings. The molecule has 1 saturated heterocycles. The Morgan fingerprint density at radius 3 is 2.65 bits per heavy atom.